The zero-order valence-corrected chi connectivity index (χ0v) is 20.1. The number of nitrogens with zero attached hydrogens (tertiary/aromatic N) is 2. The first-order valence-electron chi connectivity index (χ1n) is 11.8. The molecule has 36 heavy (non-hydrogen) atoms. The van der Waals surface area contributed by atoms with Crippen molar-refractivity contribution in [2.75, 3.05) is 38.2 Å². The van der Waals surface area contributed by atoms with Crippen LogP contribution in [-0.4, -0.2) is 44.1 Å². The zero-order valence-electron chi connectivity index (χ0n) is 20.1. The highest BCUT2D eigenvalue weighted by molar-refractivity contribution is 6.00. The van der Waals surface area contributed by atoms with Gasteiger partial charge >= 0.3 is 0 Å². The second-order valence-corrected chi connectivity index (χ2v) is 8.82. The summed E-state index contributed by atoms with van der Waals surface area (Å²) in [7, 11) is 1.58. The summed E-state index contributed by atoms with van der Waals surface area (Å²) in [6, 6.07) is 16.4. The van der Waals surface area contributed by atoms with E-state index in [0.29, 0.717) is 37.5 Å². The Bertz CT molecular complexity index is 1420. The van der Waals surface area contributed by atoms with Crippen molar-refractivity contribution >= 4 is 28.1 Å². The van der Waals surface area contributed by atoms with Gasteiger partial charge in [0.2, 0.25) is 5.91 Å². The summed E-state index contributed by atoms with van der Waals surface area (Å²) in [5, 5.41) is 0.852. The fraction of sp³-hybridized carbons (Fsp3) is 0.207. The van der Waals surface area contributed by atoms with Gasteiger partial charge < -0.3 is 19.0 Å². The van der Waals surface area contributed by atoms with Crippen molar-refractivity contribution in [2.24, 2.45) is 0 Å². The lowest BCUT2D eigenvalue weighted by Gasteiger charge is -2.35. The minimum Gasteiger partial charge on any atom is -0.496 e. The van der Waals surface area contributed by atoms with Crippen LogP contribution in [0.25, 0.3) is 27.7 Å². The first-order chi connectivity index (χ1) is 17.4. The fourth-order valence-corrected chi connectivity index (χ4v) is 4.58. The molecule has 1 aliphatic heterocycles. The highest BCUT2D eigenvalue weighted by Gasteiger charge is 2.21. The van der Waals surface area contributed by atoms with Crippen molar-refractivity contribution in [3.8, 4) is 16.9 Å². The van der Waals surface area contributed by atoms with E-state index in [1.807, 2.05) is 17.9 Å². The molecule has 0 saturated carbocycles. The molecule has 7 heteroatoms. The van der Waals surface area contributed by atoms with Crippen LogP contribution < -0.4 is 9.64 Å². The Morgan fingerprint density at radius 3 is 2.22 bits per heavy atom. The average molecular weight is 489 g/mol. The molecule has 4 aromatic rings. The summed E-state index contributed by atoms with van der Waals surface area (Å²) in [5.74, 6) is -0.0313. The molecule has 1 fully saturated rings. The molecule has 1 amide bonds. The second kappa shape index (κ2) is 9.85. The highest BCUT2D eigenvalue weighted by Crippen LogP contribution is 2.37. The van der Waals surface area contributed by atoms with Gasteiger partial charge in [0.1, 0.15) is 23.0 Å². The van der Waals surface area contributed by atoms with Crippen LogP contribution in [0, 0.1) is 11.6 Å². The number of hydrogen-bond donors (Lipinski definition) is 0. The summed E-state index contributed by atoms with van der Waals surface area (Å²) in [4.78, 5) is 17.1. The number of rotatable bonds is 5. The topological polar surface area (TPSA) is 45.9 Å². The standard InChI is InChI=1S/C29H26F2N2O3/c1-19(15-29(34)33-13-11-32(12-14-33)23-9-7-22(31)8-10-23)24-16-25-26(20-3-5-21(30)6-4-20)18-36-28(25)17-27(24)35-2/h3-10,15-18H,11-14H2,1-2H3/b19-15+. The molecule has 0 N–H and O–H groups in total. The second-order valence-electron chi connectivity index (χ2n) is 8.82. The molecule has 184 valence electrons. The number of piperazine rings is 1. The predicted octanol–water partition coefficient (Wildman–Crippen LogP) is 6.14. The predicted molar refractivity (Wildman–Crippen MR) is 137 cm³/mol. The van der Waals surface area contributed by atoms with Gasteiger partial charge in [0.25, 0.3) is 0 Å². The third-order valence-corrected chi connectivity index (χ3v) is 6.60. The number of fused-ring (bicyclic) bond motifs is 1. The summed E-state index contributed by atoms with van der Waals surface area (Å²) in [5.41, 5.74) is 4.82. The van der Waals surface area contributed by atoms with Crippen LogP contribution in [0.15, 0.2) is 77.4 Å². The Hall–Kier alpha value is -4.13. The molecule has 5 nitrogen and oxygen atoms in total. The lowest BCUT2D eigenvalue weighted by Crippen LogP contribution is -2.48. The molecule has 0 atom stereocenters. The van der Waals surface area contributed by atoms with Gasteiger partial charge in [-0.25, -0.2) is 8.78 Å². The highest BCUT2D eigenvalue weighted by atomic mass is 19.1. The van der Waals surface area contributed by atoms with E-state index >= 15 is 0 Å². The van der Waals surface area contributed by atoms with Crippen LogP contribution in [0.3, 0.4) is 0 Å². The number of hydrogen-bond acceptors (Lipinski definition) is 4. The summed E-state index contributed by atoms with van der Waals surface area (Å²) in [6.07, 6.45) is 3.28. The monoisotopic (exact) mass is 488 g/mol. The molecule has 0 radical (unpaired) electrons. The van der Waals surface area contributed by atoms with Crippen LogP contribution in [0.2, 0.25) is 0 Å². The first-order valence-corrected chi connectivity index (χ1v) is 11.8. The Balaban J connectivity index is 1.37. The first kappa shape index (κ1) is 23.6. The molecule has 3 aromatic carbocycles. The molecule has 0 unspecified atom stereocenters. The van der Waals surface area contributed by atoms with Crippen molar-refractivity contribution in [3.05, 3.63) is 90.2 Å². The van der Waals surface area contributed by atoms with E-state index in [1.54, 1.807) is 49.8 Å². The average Bonchev–Trinajstić information content (AvgIpc) is 3.31. The van der Waals surface area contributed by atoms with Crippen LogP contribution in [0.4, 0.5) is 14.5 Å². The lowest BCUT2D eigenvalue weighted by molar-refractivity contribution is -0.126. The van der Waals surface area contributed by atoms with E-state index in [9.17, 15) is 13.6 Å². The third kappa shape index (κ3) is 4.69. The number of carbonyl (C=O) groups excluding carboxylic acids is 1. The number of halogens is 2. The largest absolute Gasteiger partial charge is 0.496 e. The van der Waals surface area contributed by atoms with Crippen molar-refractivity contribution in [1.29, 1.82) is 0 Å². The number of amides is 1. The van der Waals surface area contributed by atoms with E-state index < -0.39 is 0 Å². The molecule has 2 heterocycles. The van der Waals surface area contributed by atoms with Crippen molar-refractivity contribution < 1.29 is 22.7 Å². The van der Waals surface area contributed by atoms with Crippen molar-refractivity contribution in [3.63, 3.8) is 0 Å². The van der Waals surface area contributed by atoms with E-state index in [2.05, 4.69) is 4.90 Å². The molecule has 1 aromatic heterocycles. The number of carbonyl (C=O) groups is 1. The molecular formula is C29H26F2N2O3. The van der Waals surface area contributed by atoms with E-state index in [-0.39, 0.29) is 17.5 Å². The van der Waals surface area contributed by atoms with E-state index in [1.165, 1.54) is 24.3 Å². The maximum Gasteiger partial charge on any atom is 0.246 e. The van der Waals surface area contributed by atoms with Crippen LogP contribution in [0.5, 0.6) is 5.75 Å². The van der Waals surface area contributed by atoms with E-state index in [4.69, 9.17) is 9.15 Å². The maximum atomic E-state index is 13.4. The normalized spacial score (nSPS) is 14.4. The zero-order chi connectivity index (χ0) is 25.2. The molecule has 0 spiro atoms. The molecule has 1 saturated heterocycles. The van der Waals surface area contributed by atoms with Crippen LogP contribution in [0.1, 0.15) is 12.5 Å². The number of methoxy groups -OCH3 is 1. The molecule has 0 aliphatic carbocycles. The van der Waals surface area contributed by atoms with Gasteiger partial charge in [-0.3, -0.25) is 4.79 Å². The van der Waals surface area contributed by atoms with E-state index in [0.717, 1.165) is 33.3 Å². The Labute approximate surface area is 208 Å². The molecular weight excluding hydrogens is 462 g/mol. The molecule has 1 aliphatic rings. The summed E-state index contributed by atoms with van der Waals surface area (Å²) < 4.78 is 38.0. The SMILES string of the molecule is COc1cc2occ(-c3ccc(F)cc3)c2cc1/C(C)=C/C(=O)N1CCN(c2ccc(F)cc2)CC1. The molecule has 5 rings (SSSR count). The van der Waals surface area contributed by atoms with Crippen LogP contribution in [-0.2, 0) is 4.79 Å². The van der Waals surface area contributed by atoms with Gasteiger partial charge in [-0.15, -0.1) is 0 Å². The minimum absolute atomic E-state index is 0.0700. The van der Waals surface area contributed by atoms with Gasteiger partial charge in [0.15, 0.2) is 0 Å². The van der Waals surface area contributed by atoms with Gasteiger partial charge in [-0.05, 0) is 60.5 Å². The van der Waals surface area contributed by atoms with Crippen LogP contribution >= 0.6 is 0 Å². The summed E-state index contributed by atoms with van der Waals surface area (Å²) in [6.45, 7) is 4.39. The number of furan rings is 1. The Morgan fingerprint density at radius 1 is 0.944 bits per heavy atom. The number of allylic oxidation sites excluding steroid dienone is 1. The molecule has 0 bridgehead atoms. The Kier molecular flexibility index (Phi) is 6.46. The van der Waals surface area contributed by atoms with Gasteiger partial charge in [0, 0.05) is 60.5 Å². The van der Waals surface area contributed by atoms with Gasteiger partial charge in [-0.1, -0.05) is 12.1 Å². The summed E-state index contributed by atoms with van der Waals surface area (Å²) >= 11 is 0. The van der Waals surface area contributed by atoms with Crippen molar-refractivity contribution in [1.82, 2.24) is 4.90 Å². The quantitative estimate of drug-likeness (QED) is 0.317. The minimum atomic E-state index is -0.301. The maximum absolute atomic E-state index is 13.4. The Morgan fingerprint density at radius 2 is 1.58 bits per heavy atom. The number of benzene rings is 3. The van der Waals surface area contributed by atoms with Crippen molar-refractivity contribution in [2.45, 2.75) is 6.92 Å². The van der Waals surface area contributed by atoms with Gasteiger partial charge in [0.05, 0.1) is 13.4 Å². The smallest absolute Gasteiger partial charge is 0.246 e. The number of anilines is 1. The fourth-order valence-electron chi connectivity index (χ4n) is 4.58. The number of ether oxygens (including phenoxy) is 1. The third-order valence-electron chi connectivity index (χ3n) is 6.60. The van der Waals surface area contributed by atoms with Gasteiger partial charge in [-0.2, -0.15) is 0 Å². The lowest BCUT2D eigenvalue weighted by atomic mass is 9.99.